The molecule has 0 radical (unpaired) electrons. The Morgan fingerprint density at radius 3 is 2.56 bits per heavy atom. The molecule has 18 heavy (non-hydrogen) atoms. The third kappa shape index (κ3) is 3.85. The fraction of sp³-hybridized carbons (Fsp3) is 0.364. The largest absolute Gasteiger partial charge is 0.493 e. The van der Waals surface area contributed by atoms with E-state index >= 15 is 0 Å². The molecule has 0 aliphatic heterocycles. The Bertz CT molecular complexity index is 435. The van der Waals surface area contributed by atoms with Gasteiger partial charge >= 0.3 is 6.18 Å². The minimum atomic E-state index is -4.55. The van der Waals surface area contributed by atoms with Crippen molar-refractivity contribution in [3.63, 3.8) is 0 Å². The average molecular weight is 279 g/mol. The standard InChI is InChI=1S/C11H12F3NO2S/c12-11(13,14)9-6-7(17-5-1-4-16)2-3-8(9)10(15)18/h2-3,6,16H,1,4-5H2,(H2,15,18). The van der Waals surface area contributed by atoms with E-state index in [0.717, 1.165) is 6.07 Å². The van der Waals surface area contributed by atoms with Gasteiger partial charge in [-0.3, -0.25) is 0 Å². The number of halogens is 3. The van der Waals surface area contributed by atoms with Crippen molar-refractivity contribution in [3.8, 4) is 5.75 Å². The quantitative estimate of drug-likeness (QED) is 0.640. The van der Waals surface area contributed by atoms with Crippen LogP contribution in [0.3, 0.4) is 0 Å². The molecule has 0 amide bonds. The molecule has 1 aromatic rings. The number of aliphatic hydroxyl groups is 1. The van der Waals surface area contributed by atoms with Crippen LogP contribution in [0.15, 0.2) is 18.2 Å². The van der Waals surface area contributed by atoms with Crippen LogP contribution in [0, 0.1) is 0 Å². The summed E-state index contributed by atoms with van der Waals surface area (Å²) in [7, 11) is 0. The predicted molar refractivity (Wildman–Crippen MR) is 64.5 cm³/mol. The second-order valence-corrected chi connectivity index (χ2v) is 3.93. The van der Waals surface area contributed by atoms with Crippen molar-refractivity contribution in [1.29, 1.82) is 0 Å². The molecular formula is C11H12F3NO2S. The molecule has 0 aliphatic carbocycles. The van der Waals surface area contributed by atoms with E-state index in [0.29, 0.717) is 6.42 Å². The number of alkyl halides is 3. The Kier molecular flexibility index (Phi) is 4.92. The zero-order valence-corrected chi connectivity index (χ0v) is 10.1. The van der Waals surface area contributed by atoms with Crippen LogP contribution in [0.5, 0.6) is 5.75 Å². The van der Waals surface area contributed by atoms with Crippen molar-refractivity contribution in [3.05, 3.63) is 29.3 Å². The van der Waals surface area contributed by atoms with Gasteiger partial charge in [-0.25, -0.2) is 0 Å². The van der Waals surface area contributed by atoms with Gasteiger partial charge in [-0.2, -0.15) is 13.2 Å². The van der Waals surface area contributed by atoms with Gasteiger partial charge in [0.1, 0.15) is 10.7 Å². The average Bonchev–Trinajstić information content (AvgIpc) is 2.28. The van der Waals surface area contributed by atoms with Crippen LogP contribution in [-0.4, -0.2) is 23.3 Å². The molecule has 3 nitrogen and oxygen atoms in total. The van der Waals surface area contributed by atoms with Crippen LogP contribution in [0.2, 0.25) is 0 Å². The van der Waals surface area contributed by atoms with E-state index < -0.39 is 11.7 Å². The number of benzene rings is 1. The Balaban J connectivity index is 3.02. The second kappa shape index (κ2) is 6.01. The van der Waals surface area contributed by atoms with Crippen LogP contribution < -0.4 is 10.5 Å². The lowest BCUT2D eigenvalue weighted by Crippen LogP contribution is -2.18. The summed E-state index contributed by atoms with van der Waals surface area (Å²) in [4.78, 5) is -0.316. The molecule has 0 bridgehead atoms. The van der Waals surface area contributed by atoms with Crippen LogP contribution in [0.25, 0.3) is 0 Å². The maximum atomic E-state index is 12.8. The van der Waals surface area contributed by atoms with Gasteiger partial charge in [0.2, 0.25) is 0 Å². The first-order chi connectivity index (χ1) is 8.36. The summed E-state index contributed by atoms with van der Waals surface area (Å²) in [6.07, 6.45) is -4.20. The normalized spacial score (nSPS) is 11.3. The smallest absolute Gasteiger partial charge is 0.417 e. The first kappa shape index (κ1) is 14.7. The maximum Gasteiger partial charge on any atom is 0.417 e. The summed E-state index contributed by atoms with van der Waals surface area (Å²) in [5.41, 5.74) is 4.09. The number of ether oxygens (including phenoxy) is 1. The SMILES string of the molecule is NC(=S)c1ccc(OCCCO)cc1C(F)(F)F. The van der Waals surface area contributed by atoms with E-state index in [4.69, 9.17) is 15.6 Å². The lowest BCUT2D eigenvalue weighted by atomic mass is 10.1. The highest BCUT2D eigenvalue weighted by molar-refractivity contribution is 7.80. The lowest BCUT2D eigenvalue weighted by molar-refractivity contribution is -0.137. The van der Waals surface area contributed by atoms with Gasteiger partial charge < -0.3 is 15.6 Å². The maximum absolute atomic E-state index is 12.8. The van der Waals surface area contributed by atoms with Crippen LogP contribution in [-0.2, 0) is 6.18 Å². The van der Waals surface area contributed by atoms with E-state index in [1.54, 1.807) is 0 Å². The zero-order chi connectivity index (χ0) is 13.8. The summed E-state index contributed by atoms with van der Waals surface area (Å²) >= 11 is 4.57. The van der Waals surface area contributed by atoms with E-state index in [2.05, 4.69) is 12.2 Å². The van der Waals surface area contributed by atoms with Crippen LogP contribution in [0.4, 0.5) is 13.2 Å². The third-order valence-corrected chi connectivity index (χ3v) is 2.35. The molecule has 7 heteroatoms. The molecule has 100 valence electrons. The lowest BCUT2D eigenvalue weighted by Gasteiger charge is -2.14. The van der Waals surface area contributed by atoms with Crippen molar-refractivity contribution in [2.24, 2.45) is 5.73 Å². The Hall–Kier alpha value is -1.34. The van der Waals surface area contributed by atoms with Crippen LogP contribution >= 0.6 is 12.2 Å². The van der Waals surface area contributed by atoms with Crippen molar-refractivity contribution in [1.82, 2.24) is 0 Å². The highest BCUT2D eigenvalue weighted by Gasteiger charge is 2.34. The van der Waals surface area contributed by atoms with E-state index in [1.165, 1.54) is 12.1 Å². The van der Waals surface area contributed by atoms with Crippen molar-refractivity contribution in [2.75, 3.05) is 13.2 Å². The molecule has 0 fully saturated rings. The van der Waals surface area contributed by atoms with E-state index in [-0.39, 0.29) is 29.5 Å². The Morgan fingerprint density at radius 2 is 2.06 bits per heavy atom. The summed E-state index contributed by atoms with van der Waals surface area (Å²) in [5.74, 6) is 0.0655. The van der Waals surface area contributed by atoms with Gasteiger partial charge in [0, 0.05) is 18.6 Å². The fourth-order valence-electron chi connectivity index (χ4n) is 1.32. The van der Waals surface area contributed by atoms with Gasteiger partial charge in [0.05, 0.1) is 12.2 Å². The van der Waals surface area contributed by atoms with Gasteiger partial charge in [-0.1, -0.05) is 12.2 Å². The van der Waals surface area contributed by atoms with Crippen molar-refractivity contribution in [2.45, 2.75) is 12.6 Å². The van der Waals surface area contributed by atoms with Crippen molar-refractivity contribution >= 4 is 17.2 Å². The summed E-state index contributed by atoms with van der Waals surface area (Å²) in [6.45, 7) is 0.0529. The molecule has 0 spiro atoms. The molecular weight excluding hydrogens is 267 g/mol. The molecule has 0 heterocycles. The Morgan fingerprint density at radius 1 is 1.39 bits per heavy atom. The number of hydrogen-bond donors (Lipinski definition) is 2. The molecule has 3 N–H and O–H groups in total. The van der Waals surface area contributed by atoms with E-state index in [1.807, 2.05) is 0 Å². The molecule has 0 saturated heterocycles. The number of rotatable bonds is 5. The molecule has 0 aromatic heterocycles. The van der Waals surface area contributed by atoms with E-state index in [9.17, 15) is 13.2 Å². The number of aliphatic hydroxyl groups excluding tert-OH is 1. The molecule has 0 atom stereocenters. The van der Waals surface area contributed by atoms with Gasteiger partial charge in [0.25, 0.3) is 0 Å². The summed E-state index contributed by atoms with van der Waals surface area (Å²) in [5, 5.41) is 8.55. The first-order valence-electron chi connectivity index (χ1n) is 5.11. The minimum absolute atomic E-state index is 0.0655. The Labute approximate surface area is 107 Å². The van der Waals surface area contributed by atoms with Gasteiger partial charge in [-0.05, 0) is 18.2 Å². The number of nitrogens with two attached hydrogens (primary N) is 1. The van der Waals surface area contributed by atoms with Crippen LogP contribution in [0.1, 0.15) is 17.5 Å². The molecule has 1 rings (SSSR count). The fourth-order valence-corrected chi connectivity index (χ4v) is 1.50. The molecule has 1 aromatic carbocycles. The monoisotopic (exact) mass is 279 g/mol. The van der Waals surface area contributed by atoms with Crippen molar-refractivity contribution < 1.29 is 23.0 Å². The highest BCUT2D eigenvalue weighted by atomic mass is 32.1. The predicted octanol–water partition coefficient (Wildman–Crippen LogP) is 2.10. The van der Waals surface area contributed by atoms with Gasteiger partial charge in [0.15, 0.2) is 0 Å². The first-order valence-corrected chi connectivity index (χ1v) is 5.52. The zero-order valence-electron chi connectivity index (χ0n) is 9.33. The molecule has 0 saturated carbocycles. The number of thiocarbonyl (C=S) groups is 1. The minimum Gasteiger partial charge on any atom is -0.493 e. The number of hydrogen-bond acceptors (Lipinski definition) is 3. The second-order valence-electron chi connectivity index (χ2n) is 3.50. The summed E-state index contributed by atoms with van der Waals surface area (Å²) in [6, 6.07) is 3.40. The molecule has 0 unspecified atom stereocenters. The molecule has 0 aliphatic rings. The topological polar surface area (TPSA) is 55.5 Å². The third-order valence-electron chi connectivity index (χ3n) is 2.13. The highest BCUT2D eigenvalue weighted by Crippen LogP contribution is 2.34. The summed E-state index contributed by atoms with van der Waals surface area (Å²) < 4.78 is 43.4. The van der Waals surface area contributed by atoms with Gasteiger partial charge in [-0.15, -0.1) is 0 Å².